The summed E-state index contributed by atoms with van der Waals surface area (Å²) in [5.41, 5.74) is 7.07. The van der Waals surface area contributed by atoms with Crippen molar-refractivity contribution in [1.29, 1.82) is 0 Å². The molecule has 1 heterocycles. The van der Waals surface area contributed by atoms with Gasteiger partial charge in [-0.25, -0.2) is 4.98 Å². The van der Waals surface area contributed by atoms with Gasteiger partial charge in [-0.15, -0.1) is 0 Å². The van der Waals surface area contributed by atoms with E-state index < -0.39 is 0 Å². The largest absolute Gasteiger partial charge is 0.465 e. The molecule has 0 amide bonds. The van der Waals surface area contributed by atoms with Crippen LogP contribution in [0, 0.1) is 0 Å². The Morgan fingerprint density at radius 3 is 3.06 bits per heavy atom. The van der Waals surface area contributed by atoms with Gasteiger partial charge in [0.2, 0.25) is 5.95 Å². The summed E-state index contributed by atoms with van der Waals surface area (Å²) in [4.78, 5) is 15.6. The Morgan fingerprint density at radius 1 is 1.59 bits per heavy atom. The maximum absolute atomic E-state index is 11.4. The minimum Gasteiger partial charge on any atom is -0.465 e. The first kappa shape index (κ1) is 11.7. The first-order valence-corrected chi connectivity index (χ1v) is 5.57. The van der Waals surface area contributed by atoms with Crippen LogP contribution in [0.4, 0.5) is 5.95 Å². The van der Waals surface area contributed by atoms with Crippen molar-refractivity contribution in [3.63, 3.8) is 0 Å². The van der Waals surface area contributed by atoms with Gasteiger partial charge in [0.15, 0.2) is 0 Å². The van der Waals surface area contributed by atoms with E-state index in [-0.39, 0.29) is 18.5 Å². The molecule has 0 fully saturated rings. The van der Waals surface area contributed by atoms with E-state index in [0.29, 0.717) is 22.7 Å². The van der Waals surface area contributed by atoms with Crippen molar-refractivity contribution in [2.75, 3.05) is 12.3 Å². The zero-order valence-electron chi connectivity index (χ0n) is 9.31. The Morgan fingerprint density at radius 2 is 2.35 bits per heavy atom. The van der Waals surface area contributed by atoms with Gasteiger partial charge in [-0.1, -0.05) is 17.7 Å². The van der Waals surface area contributed by atoms with E-state index in [9.17, 15) is 4.79 Å². The van der Waals surface area contributed by atoms with Crippen LogP contribution in [0.25, 0.3) is 11.0 Å². The molecule has 0 spiro atoms. The summed E-state index contributed by atoms with van der Waals surface area (Å²) in [7, 11) is 0. The third-order valence-electron chi connectivity index (χ3n) is 2.34. The van der Waals surface area contributed by atoms with Gasteiger partial charge in [0.1, 0.15) is 6.54 Å². The van der Waals surface area contributed by atoms with Crippen LogP contribution in [0.5, 0.6) is 0 Å². The lowest BCUT2D eigenvalue weighted by atomic mass is 10.3. The number of nitrogens with two attached hydrogens (primary N) is 1. The standard InChI is InChI=1S/C11H12ClN3O2/c1-2-17-9(16)6-15-10-7(12)4-3-5-8(10)14-11(15)13/h3-5H,2,6H2,1H3,(H2,13,14). The monoisotopic (exact) mass is 253 g/mol. The summed E-state index contributed by atoms with van der Waals surface area (Å²) >= 11 is 6.07. The minimum absolute atomic E-state index is 0.0138. The van der Waals surface area contributed by atoms with Crippen LogP contribution in [0.3, 0.4) is 0 Å². The highest BCUT2D eigenvalue weighted by molar-refractivity contribution is 6.35. The molecular formula is C11H12ClN3O2. The van der Waals surface area contributed by atoms with Crippen molar-refractivity contribution in [2.45, 2.75) is 13.5 Å². The van der Waals surface area contributed by atoms with Crippen LogP contribution in [-0.4, -0.2) is 22.1 Å². The number of benzene rings is 1. The number of nitrogen functional groups attached to an aromatic ring is 1. The molecule has 1 aromatic carbocycles. The van der Waals surface area contributed by atoms with Crippen LogP contribution in [0.1, 0.15) is 6.92 Å². The molecular weight excluding hydrogens is 242 g/mol. The van der Waals surface area contributed by atoms with E-state index in [1.807, 2.05) is 0 Å². The van der Waals surface area contributed by atoms with Crippen molar-refractivity contribution < 1.29 is 9.53 Å². The molecule has 0 saturated heterocycles. The number of ether oxygens (including phenoxy) is 1. The number of carbonyl (C=O) groups is 1. The highest BCUT2D eigenvalue weighted by atomic mass is 35.5. The number of fused-ring (bicyclic) bond motifs is 1. The molecule has 5 nitrogen and oxygen atoms in total. The molecule has 2 rings (SSSR count). The van der Waals surface area contributed by atoms with Crippen molar-refractivity contribution in [3.05, 3.63) is 23.2 Å². The first-order chi connectivity index (χ1) is 8.13. The quantitative estimate of drug-likeness (QED) is 0.848. The smallest absolute Gasteiger partial charge is 0.326 e. The molecule has 0 atom stereocenters. The summed E-state index contributed by atoms with van der Waals surface area (Å²) in [6.45, 7) is 2.10. The minimum atomic E-state index is -0.363. The highest BCUT2D eigenvalue weighted by Crippen LogP contribution is 2.25. The maximum Gasteiger partial charge on any atom is 0.326 e. The van der Waals surface area contributed by atoms with Gasteiger partial charge < -0.3 is 10.5 Å². The molecule has 0 aliphatic carbocycles. The van der Waals surface area contributed by atoms with Crippen molar-refractivity contribution in [2.24, 2.45) is 0 Å². The van der Waals surface area contributed by atoms with Crippen LogP contribution < -0.4 is 5.73 Å². The molecule has 0 unspecified atom stereocenters. The van der Waals surface area contributed by atoms with E-state index in [0.717, 1.165) is 0 Å². The zero-order chi connectivity index (χ0) is 12.4. The number of carbonyl (C=O) groups excluding carboxylic acids is 1. The number of imidazole rings is 1. The van der Waals surface area contributed by atoms with Gasteiger partial charge in [0.25, 0.3) is 0 Å². The van der Waals surface area contributed by atoms with Gasteiger partial charge >= 0.3 is 5.97 Å². The lowest BCUT2D eigenvalue weighted by Crippen LogP contribution is -2.15. The topological polar surface area (TPSA) is 70.1 Å². The fraction of sp³-hybridized carbons (Fsp3) is 0.273. The van der Waals surface area contributed by atoms with Gasteiger partial charge in [-0.3, -0.25) is 9.36 Å². The van der Waals surface area contributed by atoms with E-state index >= 15 is 0 Å². The number of nitrogens with zero attached hydrogens (tertiary/aromatic N) is 2. The molecule has 17 heavy (non-hydrogen) atoms. The number of rotatable bonds is 3. The first-order valence-electron chi connectivity index (χ1n) is 5.19. The number of para-hydroxylation sites is 1. The van der Waals surface area contributed by atoms with Gasteiger partial charge in [0, 0.05) is 0 Å². The number of anilines is 1. The van der Waals surface area contributed by atoms with E-state index in [4.69, 9.17) is 22.1 Å². The van der Waals surface area contributed by atoms with Crippen molar-refractivity contribution in [3.8, 4) is 0 Å². The zero-order valence-corrected chi connectivity index (χ0v) is 10.1. The maximum atomic E-state index is 11.4. The molecule has 0 radical (unpaired) electrons. The molecule has 0 aliphatic heterocycles. The second-order valence-corrected chi connectivity index (χ2v) is 3.88. The highest BCUT2D eigenvalue weighted by Gasteiger charge is 2.14. The van der Waals surface area contributed by atoms with Crippen LogP contribution in [0.2, 0.25) is 5.02 Å². The summed E-state index contributed by atoms with van der Waals surface area (Å²) in [5, 5.41) is 0.510. The number of esters is 1. The molecule has 0 bridgehead atoms. The van der Waals surface area contributed by atoms with E-state index in [1.165, 1.54) is 0 Å². The molecule has 2 N–H and O–H groups in total. The lowest BCUT2D eigenvalue weighted by molar-refractivity contribution is -0.143. The Kier molecular flexibility index (Phi) is 3.19. The number of hydrogen-bond donors (Lipinski definition) is 1. The third-order valence-corrected chi connectivity index (χ3v) is 2.64. The summed E-state index contributed by atoms with van der Waals surface area (Å²) in [6.07, 6.45) is 0. The Hall–Kier alpha value is -1.75. The second-order valence-electron chi connectivity index (χ2n) is 3.47. The van der Waals surface area contributed by atoms with Crippen molar-refractivity contribution in [1.82, 2.24) is 9.55 Å². The van der Waals surface area contributed by atoms with Gasteiger partial charge in [0.05, 0.1) is 22.7 Å². The second kappa shape index (κ2) is 4.63. The summed E-state index contributed by atoms with van der Waals surface area (Å²) < 4.78 is 6.42. The van der Waals surface area contributed by atoms with Crippen LogP contribution >= 0.6 is 11.6 Å². The van der Waals surface area contributed by atoms with Crippen LogP contribution in [-0.2, 0) is 16.1 Å². The molecule has 6 heteroatoms. The predicted octanol–water partition coefficient (Wildman–Crippen LogP) is 1.83. The SMILES string of the molecule is CCOC(=O)Cn1c(N)nc2cccc(Cl)c21. The van der Waals surface area contributed by atoms with Crippen LogP contribution in [0.15, 0.2) is 18.2 Å². The number of hydrogen-bond acceptors (Lipinski definition) is 4. The molecule has 90 valence electrons. The summed E-state index contributed by atoms with van der Waals surface area (Å²) in [6, 6.07) is 5.30. The number of aromatic nitrogens is 2. The lowest BCUT2D eigenvalue weighted by Gasteiger charge is -2.06. The predicted molar refractivity (Wildman–Crippen MR) is 65.8 cm³/mol. The average Bonchev–Trinajstić information content (AvgIpc) is 2.57. The molecule has 0 aliphatic rings. The third kappa shape index (κ3) is 2.19. The van der Waals surface area contributed by atoms with E-state index in [1.54, 1.807) is 29.7 Å². The number of halogens is 1. The Balaban J connectivity index is 2.45. The molecule has 2 aromatic rings. The normalized spacial score (nSPS) is 10.7. The fourth-order valence-corrected chi connectivity index (χ4v) is 1.93. The average molecular weight is 254 g/mol. The molecule has 1 aromatic heterocycles. The Bertz CT molecular complexity index is 565. The summed E-state index contributed by atoms with van der Waals surface area (Å²) in [5.74, 6) is -0.112. The Labute approximate surface area is 103 Å². The van der Waals surface area contributed by atoms with Gasteiger partial charge in [-0.2, -0.15) is 0 Å². The fourth-order valence-electron chi connectivity index (χ4n) is 1.66. The van der Waals surface area contributed by atoms with Gasteiger partial charge in [-0.05, 0) is 19.1 Å². The van der Waals surface area contributed by atoms with E-state index in [2.05, 4.69) is 4.98 Å². The molecule has 0 saturated carbocycles. The van der Waals surface area contributed by atoms with Crippen molar-refractivity contribution >= 4 is 34.6 Å².